The lowest BCUT2D eigenvalue weighted by Gasteiger charge is -2.16. The number of nitrogens with zero attached hydrogens (tertiary/aromatic N) is 3. The van der Waals surface area contributed by atoms with Crippen molar-refractivity contribution >= 4 is 22.9 Å². The van der Waals surface area contributed by atoms with Crippen molar-refractivity contribution in [1.82, 2.24) is 14.5 Å². The number of amides is 1. The van der Waals surface area contributed by atoms with E-state index >= 15 is 0 Å². The third-order valence-electron chi connectivity index (χ3n) is 5.10. The number of carboxylic acids is 1. The second kappa shape index (κ2) is 7.23. The van der Waals surface area contributed by atoms with Gasteiger partial charge >= 0.3 is 5.97 Å². The van der Waals surface area contributed by atoms with Crippen LogP contribution >= 0.6 is 0 Å². The van der Waals surface area contributed by atoms with Crippen LogP contribution in [0, 0.1) is 5.92 Å². The Bertz CT molecular complexity index is 981. The second-order valence-electron chi connectivity index (χ2n) is 6.85. The van der Waals surface area contributed by atoms with Crippen LogP contribution < -0.4 is 0 Å². The highest BCUT2D eigenvalue weighted by molar-refractivity contribution is 5.80. The lowest BCUT2D eigenvalue weighted by molar-refractivity contribution is -0.141. The van der Waals surface area contributed by atoms with Gasteiger partial charge in [-0.3, -0.25) is 14.2 Å². The first-order valence-corrected chi connectivity index (χ1v) is 9.16. The van der Waals surface area contributed by atoms with Crippen LogP contribution in [0.25, 0.3) is 16.7 Å². The molecule has 1 aliphatic rings. The quantitative estimate of drug-likeness (QED) is 0.756. The lowest BCUT2D eigenvalue weighted by atomic mass is 10.1. The van der Waals surface area contributed by atoms with Gasteiger partial charge in [-0.25, -0.2) is 4.98 Å². The number of hydrogen-bond acceptors (Lipinski definition) is 3. The minimum Gasteiger partial charge on any atom is -0.481 e. The Labute approximate surface area is 157 Å². The summed E-state index contributed by atoms with van der Waals surface area (Å²) in [6.07, 6.45) is 1.36. The number of benzene rings is 2. The molecule has 1 amide bonds. The summed E-state index contributed by atoms with van der Waals surface area (Å²) in [5.41, 5.74) is 2.93. The highest BCUT2D eigenvalue weighted by Crippen LogP contribution is 2.23. The highest BCUT2D eigenvalue weighted by atomic mass is 16.4. The standard InChI is InChI=1S/C21H21N3O3/c25-20(23-13-12-15(14-23)21(26)27)11-10-19-22-17-8-4-5-9-18(17)24(19)16-6-2-1-3-7-16/h1-9,15H,10-14H2,(H,26,27)/t15-/m0/s1. The van der Waals surface area contributed by atoms with Crippen LogP contribution in [0.4, 0.5) is 0 Å². The predicted molar refractivity (Wildman–Crippen MR) is 102 cm³/mol. The van der Waals surface area contributed by atoms with Crippen LogP contribution in [0.2, 0.25) is 0 Å². The SMILES string of the molecule is O=C(O)[C@H]1CCN(C(=O)CCc2nc3ccccc3n2-c2ccccc2)C1. The summed E-state index contributed by atoms with van der Waals surface area (Å²) in [5.74, 6) is -0.436. The maximum Gasteiger partial charge on any atom is 0.308 e. The van der Waals surface area contributed by atoms with E-state index in [1.807, 2.05) is 54.6 Å². The molecule has 1 fully saturated rings. The first kappa shape index (κ1) is 17.3. The van der Waals surface area contributed by atoms with Crippen molar-refractivity contribution in [2.24, 2.45) is 5.92 Å². The van der Waals surface area contributed by atoms with Gasteiger partial charge in [0.15, 0.2) is 0 Å². The zero-order valence-electron chi connectivity index (χ0n) is 14.9. The number of aliphatic carboxylic acids is 1. The van der Waals surface area contributed by atoms with E-state index in [9.17, 15) is 9.59 Å². The lowest BCUT2D eigenvalue weighted by Crippen LogP contribution is -2.30. The van der Waals surface area contributed by atoms with Gasteiger partial charge in [0.25, 0.3) is 0 Å². The van der Waals surface area contributed by atoms with Crippen molar-refractivity contribution in [2.75, 3.05) is 13.1 Å². The Kier molecular flexibility index (Phi) is 4.62. The van der Waals surface area contributed by atoms with Gasteiger partial charge in [0.05, 0.1) is 17.0 Å². The normalized spacial score (nSPS) is 16.7. The molecule has 3 aromatic rings. The number of carboxylic acid groups (broad SMARTS) is 1. The Balaban J connectivity index is 1.56. The van der Waals surface area contributed by atoms with Crippen molar-refractivity contribution < 1.29 is 14.7 Å². The van der Waals surface area contributed by atoms with E-state index in [1.165, 1.54) is 0 Å². The summed E-state index contributed by atoms with van der Waals surface area (Å²) in [6, 6.07) is 17.9. The molecular weight excluding hydrogens is 342 g/mol. The number of carbonyl (C=O) groups is 2. The molecule has 1 aliphatic heterocycles. The summed E-state index contributed by atoms with van der Waals surface area (Å²) in [5, 5.41) is 9.11. The molecule has 0 aliphatic carbocycles. The number of hydrogen-bond donors (Lipinski definition) is 1. The van der Waals surface area contributed by atoms with Crippen LogP contribution in [-0.2, 0) is 16.0 Å². The largest absolute Gasteiger partial charge is 0.481 e. The molecule has 1 aromatic heterocycles. The van der Waals surface area contributed by atoms with Gasteiger partial charge in [0.2, 0.25) is 5.91 Å². The number of fused-ring (bicyclic) bond motifs is 1. The van der Waals surface area contributed by atoms with E-state index in [0.29, 0.717) is 32.4 Å². The first-order chi connectivity index (χ1) is 13.1. The average molecular weight is 363 g/mol. The molecule has 0 saturated carbocycles. The van der Waals surface area contributed by atoms with Gasteiger partial charge in [-0.2, -0.15) is 0 Å². The maximum atomic E-state index is 12.5. The molecule has 138 valence electrons. The van der Waals surface area contributed by atoms with Gasteiger partial charge in [-0.15, -0.1) is 0 Å². The minimum absolute atomic E-state index is 0.00887. The van der Waals surface area contributed by atoms with Gasteiger partial charge in [0.1, 0.15) is 5.82 Å². The molecule has 0 bridgehead atoms. The summed E-state index contributed by atoms with van der Waals surface area (Å²) in [7, 11) is 0. The van der Waals surface area contributed by atoms with Crippen molar-refractivity contribution in [2.45, 2.75) is 19.3 Å². The number of aryl methyl sites for hydroxylation is 1. The van der Waals surface area contributed by atoms with Crippen molar-refractivity contribution in [3.05, 3.63) is 60.4 Å². The van der Waals surface area contributed by atoms with Crippen LogP contribution in [0.5, 0.6) is 0 Å². The molecule has 4 rings (SSSR count). The van der Waals surface area contributed by atoms with Crippen LogP contribution in [0.1, 0.15) is 18.7 Å². The van der Waals surface area contributed by atoms with Gasteiger partial charge in [-0.1, -0.05) is 30.3 Å². The second-order valence-corrected chi connectivity index (χ2v) is 6.85. The van der Waals surface area contributed by atoms with Gasteiger partial charge in [-0.05, 0) is 30.7 Å². The minimum atomic E-state index is -0.823. The molecule has 0 radical (unpaired) electrons. The topological polar surface area (TPSA) is 75.4 Å². The van der Waals surface area contributed by atoms with Crippen LogP contribution in [0.15, 0.2) is 54.6 Å². The maximum absolute atomic E-state index is 12.5. The van der Waals surface area contributed by atoms with E-state index in [1.54, 1.807) is 4.90 Å². The molecule has 0 unspecified atom stereocenters. The first-order valence-electron chi connectivity index (χ1n) is 9.16. The number of likely N-dealkylation sites (tertiary alicyclic amines) is 1. The Morgan fingerprint density at radius 2 is 1.81 bits per heavy atom. The number of aromatic nitrogens is 2. The average Bonchev–Trinajstić information content (AvgIpc) is 3.32. The number of carbonyl (C=O) groups excluding carboxylic acids is 1. The van der Waals surface area contributed by atoms with Gasteiger partial charge < -0.3 is 10.0 Å². The van der Waals surface area contributed by atoms with Crippen LogP contribution in [-0.4, -0.2) is 44.5 Å². The smallest absolute Gasteiger partial charge is 0.308 e. The van der Waals surface area contributed by atoms with E-state index < -0.39 is 11.9 Å². The molecule has 1 atom stereocenters. The monoisotopic (exact) mass is 363 g/mol. The third kappa shape index (κ3) is 3.43. The number of para-hydroxylation sites is 3. The molecule has 2 aromatic carbocycles. The number of rotatable bonds is 5. The fourth-order valence-corrected chi connectivity index (χ4v) is 3.67. The van der Waals surface area contributed by atoms with Crippen molar-refractivity contribution in [3.8, 4) is 5.69 Å². The fourth-order valence-electron chi connectivity index (χ4n) is 3.67. The predicted octanol–water partition coefficient (Wildman–Crippen LogP) is 2.89. The fraction of sp³-hybridized carbons (Fsp3) is 0.286. The zero-order valence-corrected chi connectivity index (χ0v) is 14.9. The highest BCUT2D eigenvalue weighted by Gasteiger charge is 2.30. The third-order valence-corrected chi connectivity index (χ3v) is 5.10. The van der Waals surface area contributed by atoms with Gasteiger partial charge in [0, 0.05) is 31.6 Å². The summed E-state index contributed by atoms with van der Waals surface area (Å²) in [4.78, 5) is 30.0. The zero-order chi connectivity index (χ0) is 18.8. The molecular formula is C21H21N3O3. The van der Waals surface area contributed by atoms with E-state index in [0.717, 1.165) is 22.5 Å². The molecule has 6 heteroatoms. The molecule has 27 heavy (non-hydrogen) atoms. The van der Waals surface area contributed by atoms with E-state index in [4.69, 9.17) is 10.1 Å². The molecule has 6 nitrogen and oxygen atoms in total. The molecule has 1 saturated heterocycles. The van der Waals surface area contributed by atoms with Crippen LogP contribution in [0.3, 0.4) is 0 Å². The molecule has 1 N–H and O–H groups in total. The van der Waals surface area contributed by atoms with E-state index in [-0.39, 0.29) is 5.91 Å². The van der Waals surface area contributed by atoms with Crippen molar-refractivity contribution in [1.29, 1.82) is 0 Å². The molecule has 0 spiro atoms. The number of imidazole rings is 1. The Hall–Kier alpha value is -3.15. The summed E-state index contributed by atoms with van der Waals surface area (Å²) in [6.45, 7) is 0.828. The summed E-state index contributed by atoms with van der Waals surface area (Å²) >= 11 is 0. The van der Waals surface area contributed by atoms with E-state index in [2.05, 4.69) is 4.57 Å². The van der Waals surface area contributed by atoms with Crippen molar-refractivity contribution in [3.63, 3.8) is 0 Å². The Morgan fingerprint density at radius 3 is 2.56 bits per heavy atom. The summed E-state index contributed by atoms with van der Waals surface area (Å²) < 4.78 is 2.09. The Morgan fingerprint density at radius 1 is 1.07 bits per heavy atom. The molecule has 2 heterocycles.